The van der Waals surface area contributed by atoms with E-state index >= 15 is 0 Å². The molecular weight excluding hydrogens is 298 g/mol. The monoisotopic (exact) mass is 319 g/mol. The van der Waals surface area contributed by atoms with E-state index in [-0.39, 0.29) is 11.5 Å². The van der Waals surface area contributed by atoms with Crippen LogP contribution in [0.15, 0.2) is 53.5 Å². The Bertz CT molecular complexity index is 784. The lowest BCUT2D eigenvalue weighted by atomic mass is 10.1. The van der Waals surface area contributed by atoms with Gasteiger partial charge in [-0.25, -0.2) is 4.99 Å². The van der Waals surface area contributed by atoms with E-state index in [9.17, 15) is 10.1 Å². The minimum Gasteiger partial charge on any atom is -0.372 e. The number of hydrogen-bond acceptors (Lipinski definition) is 4. The number of nitriles is 1. The van der Waals surface area contributed by atoms with Gasteiger partial charge < -0.3 is 4.90 Å². The predicted molar refractivity (Wildman–Crippen MR) is 98.2 cm³/mol. The van der Waals surface area contributed by atoms with Crippen molar-refractivity contribution in [2.45, 2.75) is 20.8 Å². The molecule has 0 spiro atoms. The van der Waals surface area contributed by atoms with Gasteiger partial charge in [-0.15, -0.1) is 0 Å². The standard InChI is InChI=1S/C20H21N3O/c1-4-23(5-2)17-11-12-18(15(3)13-17)22-19(14-21)20(24)16-9-7-6-8-10-16/h6-13H,4-5H2,1-3H3. The maximum absolute atomic E-state index is 12.4. The summed E-state index contributed by atoms with van der Waals surface area (Å²) in [5, 5.41) is 9.32. The lowest BCUT2D eigenvalue weighted by Gasteiger charge is -2.21. The number of nitrogens with zero attached hydrogens (tertiary/aromatic N) is 3. The van der Waals surface area contributed by atoms with Gasteiger partial charge in [0.1, 0.15) is 6.07 Å². The zero-order valence-electron chi connectivity index (χ0n) is 14.3. The first-order valence-electron chi connectivity index (χ1n) is 8.04. The summed E-state index contributed by atoms with van der Waals surface area (Å²) in [5.41, 5.74) is 3.07. The topological polar surface area (TPSA) is 56.5 Å². The fourth-order valence-corrected chi connectivity index (χ4v) is 2.52. The fraction of sp³-hybridized carbons (Fsp3) is 0.250. The summed E-state index contributed by atoms with van der Waals surface area (Å²) in [7, 11) is 0. The van der Waals surface area contributed by atoms with Crippen LogP contribution < -0.4 is 4.90 Å². The molecule has 0 unspecified atom stereocenters. The van der Waals surface area contributed by atoms with Crippen molar-refractivity contribution in [2.75, 3.05) is 18.0 Å². The molecule has 0 aliphatic rings. The Morgan fingerprint density at radius 3 is 2.33 bits per heavy atom. The molecule has 0 heterocycles. The molecule has 0 fully saturated rings. The third-order valence-corrected chi connectivity index (χ3v) is 3.90. The number of carbonyl (C=O) groups excluding carboxylic acids is 1. The average molecular weight is 319 g/mol. The molecule has 0 N–H and O–H groups in total. The highest BCUT2D eigenvalue weighted by Gasteiger charge is 2.14. The highest BCUT2D eigenvalue weighted by molar-refractivity contribution is 6.51. The summed E-state index contributed by atoms with van der Waals surface area (Å²) >= 11 is 0. The molecule has 0 aliphatic heterocycles. The maximum atomic E-state index is 12.4. The molecule has 2 aromatic carbocycles. The molecule has 4 nitrogen and oxygen atoms in total. The highest BCUT2D eigenvalue weighted by Crippen LogP contribution is 2.25. The van der Waals surface area contributed by atoms with E-state index in [4.69, 9.17) is 0 Å². The summed E-state index contributed by atoms with van der Waals surface area (Å²) in [6.45, 7) is 8.01. The van der Waals surface area contributed by atoms with E-state index in [2.05, 4.69) is 23.7 Å². The second-order valence-corrected chi connectivity index (χ2v) is 5.41. The van der Waals surface area contributed by atoms with Crippen molar-refractivity contribution in [3.8, 4) is 6.07 Å². The maximum Gasteiger partial charge on any atom is 0.222 e. The van der Waals surface area contributed by atoms with Crippen molar-refractivity contribution in [1.29, 1.82) is 5.26 Å². The molecule has 0 aromatic heterocycles. The molecule has 0 atom stereocenters. The first kappa shape index (κ1) is 17.4. The van der Waals surface area contributed by atoms with E-state index in [1.807, 2.05) is 37.3 Å². The van der Waals surface area contributed by atoms with Crippen LogP contribution in [0.3, 0.4) is 0 Å². The predicted octanol–water partition coefficient (Wildman–Crippen LogP) is 4.32. The second-order valence-electron chi connectivity index (χ2n) is 5.41. The first-order valence-corrected chi connectivity index (χ1v) is 8.04. The van der Waals surface area contributed by atoms with Crippen molar-refractivity contribution in [2.24, 2.45) is 4.99 Å². The number of rotatable bonds is 6. The van der Waals surface area contributed by atoms with Crippen LogP contribution in [0.25, 0.3) is 0 Å². The molecule has 2 rings (SSSR count). The molecule has 0 aliphatic carbocycles. The molecule has 4 heteroatoms. The van der Waals surface area contributed by atoms with Crippen molar-refractivity contribution in [1.82, 2.24) is 0 Å². The number of benzene rings is 2. The second kappa shape index (κ2) is 8.07. The van der Waals surface area contributed by atoms with Crippen LogP contribution in [0, 0.1) is 18.3 Å². The normalized spacial score (nSPS) is 11.0. The quantitative estimate of drug-likeness (QED) is 0.588. The third kappa shape index (κ3) is 3.88. The van der Waals surface area contributed by atoms with E-state index in [0.29, 0.717) is 11.3 Å². The summed E-state index contributed by atoms with van der Waals surface area (Å²) < 4.78 is 0. The summed E-state index contributed by atoms with van der Waals surface area (Å²) in [6.07, 6.45) is 0. The van der Waals surface area contributed by atoms with Crippen LogP contribution in [-0.2, 0) is 0 Å². The summed E-state index contributed by atoms with van der Waals surface area (Å²) in [6, 6.07) is 16.5. The van der Waals surface area contributed by atoms with Crippen LogP contribution in [0.5, 0.6) is 0 Å². The van der Waals surface area contributed by atoms with Crippen LogP contribution in [0.2, 0.25) is 0 Å². The van der Waals surface area contributed by atoms with Crippen LogP contribution >= 0.6 is 0 Å². The third-order valence-electron chi connectivity index (χ3n) is 3.90. The van der Waals surface area contributed by atoms with Gasteiger partial charge in [-0.2, -0.15) is 5.26 Å². The van der Waals surface area contributed by atoms with E-state index in [1.165, 1.54) is 0 Å². The lowest BCUT2D eigenvalue weighted by molar-refractivity contribution is 0.106. The number of hydrogen-bond donors (Lipinski definition) is 0. The molecule has 0 amide bonds. The number of anilines is 1. The van der Waals surface area contributed by atoms with Crippen molar-refractivity contribution >= 4 is 22.9 Å². The number of ketones is 1. The Morgan fingerprint density at radius 1 is 1.12 bits per heavy atom. The minimum absolute atomic E-state index is 0.0973. The SMILES string of the molecule is CCN(CC)c1ccc(N=C(C#N)C(=O)c2ccccc2)c(C)c1. The zero-order chi connectivity index (χ0) is 17.5. The zero-order valence-corrected chi connectivity index (χ0v) is 14.3. The molecule has 0 radical (unpaired) electrons. The Kier molecular flexibility index (Phi) is 5.86. The van der Waals surface area contributed by atoms with Gasteiger partial charge in [0.05, 0.1) is 5.69 Å². The van der Waals surface area contributed by atoms with Gasteiger partial charge in [0.25, 0.3) is 0 Å². The molecular formula is C20H21N3O. The van der Waals surface area contributed by atoms with E-state index in [1.54, 1.807) is 24.3 Å². The fourth-order valence-electron chi connectivity index (χ4n) is 2.52. The Morgan fingerprint density at radius 2 is 1.79 bits per heavy atom. The van der Waals surface area contributed by atoms with Gasteiger partial charge in [0.2, 0.25) is 5.78 Å². The lowest BCUT2D eigenvalue weighted by Crippen LogP contribution is -2.21. The average Bonchev–Trinajstić information content (AvgIpc) is 2.62. The van der Waals surface area contributed by atoms with Crippen LogP contribution in [-0.4, -0.2) is 24.6 Å². The van der Waals surface area contributed by atoms with Gasteiger partial charge in [0.15, 0.2) is 5.71 Å². The molecule has 0 saturated carbocycles. The molecule has 24 heavy (non-hydrogen) atoms. The van der Waals surface area contributed by atoms with Gasteiger partial charge in [0, 0.05) is 24.3 Å². The van der Waals surface area contributed by atoms with E-state index in [0.717, 1.165) is 24.3 Å². The van der Waals surface area contributed by atoms with Crippen LogP contribution in [0.1, 0.15) is 29.8 Å². The number of aliphatic imine (C=N–C) groups is 1. The van der Waals surface area contributed by atoms with Gasteiger partial charge in [-0.05, 0) is 44.5 Å². The Balaban J connectivity index is 2.35. The van der Waals surface area contributed by atoms with Crippen molar-refractivity contribution < 1.29 is 4.79 Å². The smallest absolute Gasteiger partial charge is 0.222 e. The minimum atomic E-state index is -0.356. The molecule has 2 aromatic rings. The van der Waals surface area contributed by atoms with Crippen molar-refractivity contribution in [3.05, 3.63) is 59.7 Å². The Hall–Kier alpha value is -2.93. The number of carbonyl (C=O) groups is 1. The van der Waals surface area contributed by atoms with Gasteiger partial charge >= 0.3 is 0 Å². The number of aryl methyl sites for hydroxylation is 1. The Labute approximate surface area is 143 Å². The first-order chi connectivity index (χ1) is 11.6. The molecule has 122 valence electrons. The summed E-state index contributed by atoms with van der Waals surface area (Å²) in [4.78, 5) is 18.9. The molecule has 0 saturated heterocycles. The van der Waals surface area contributed by atoms with E-state index < -0.39 is 0 Å². The number of Topliss-reactive ketones (excluding diaryl/α,β-unsaturated/α-hetero) is 1. The largest absolute Gasteiger partial charge is 0.372 e. The van der Waals surface area contributed by atoms with Gasteiger partial charge in [-0.1, -0.05) is 30.3 Å². The van der Waals surface area contributed by atoms with Crippen molar-refractivity contribution in [3.63, 3.8) is 0 Å². The molecule has 0 bridgehead atoms. The highest BCUT2D eigenvalue weighted by atomic mass is 16.1. The summed E-state index contributed by atoms with van der Waals surface area (Å²) in [5.74, 6) is -0.356. The van der Waals surface area contributed by atoms with Crippen LogP contribution in [0.4, 0.5) is 11.4 Å². The van der Waals surface area contributed by atoms with Gasteiger partial charge in [-0.3, -0.25) is 4.79 Å².